The number of hydrogen-bond donors (Lipinski definition) is 1. The summed E-state index contributed by atoms with van der Waals surface area (Å²) in [6.45, 7) is 1.93. The second kappa shape index (κ2) is 4.54. The number of hydrogen-bond acceptors (Lipinski definition) is 4. The molecule has 0 unspecified atom stereocenters. The lowest BCUT2D eigenvalue weighted by atomic mass is 10.3. The molecule has 1 aromatic carbocycles. The minimum atomic E-state index is -3.48. The van der Waals surface area contributed by atoms with Crippen LogP contribution in [0.15, 0.2) is 22.6 Å². The molecule has 0 radical (unpaired) electrons. The molecule has 7 heteroatoms. The summed E-state index contributed by atoms with van der Waals surface area (Å²) in [5, 5.41) is -0.482. The van der Waals surface area contributed by atoms with E-state index >= 15 is 0 Å². The number of nitrogens with one attached hydrogen (secondary N) is 1. The lowest BCUT2D eigenvalue weighted by Crippen LogP contribution is -2.13. The Morgan fingerprint density at radius 1 is 1.47 bits per heavy atom. The van der Waals surface area contributed by atoms with E-state index in [9.17, 15) is 8.42 Å². The van der Waals surface area contributed by atoms with E-state index < -0.39 is 15.2 Å². The predicted molar refractivity (Wildman–Crippen MR) is 66.6 cm³/mol. The molecule has 92 valence electrons. The van der Waals surface area contributed by atoms with Crippen molar-refractivity contribution in [2.24, 2.45) is 0 Å². The van der Waals surface area contributed by atoms with Gasteiger partial charge in [0.2, 0.25) is 10.0 Å². The van der Waals surface area contributed by atoms with Gasteiger partial charge in [0.05, 0.1) is 5.69 Å². The van der Waals surface area contributed by atoms with Crippen LogP contribution in [0.4, 0.5) is 5.69 Å². The van der Waals surface area contributed by atoms with Gasteiger partial charge in [0, 0.05) is 6.42 Å². The zero-order chi connectivity index (χ0) is 12.5. The van der Waals surface area contributed by atoms with Gasteiger partial charge in [-0.3, -0.25) is 4.72 Å². The van der Waals surface area contributed by atoms with Gasteiger partial charge in [-0.2, -0.15) is 0 Å². The van der Waals surface area contributed by atoms with Gasteiger partial charge in [0.15, 0.2) is 11.5 Å². The van der Waals surface area contributed by atoms with E-state index in [0.29, 0.717) is 29.1 Å². The maximum Gasteiger partial charge on any atom is 0.246 e. The summed E-state index contributed by atoms with van der Waals surface area (Å²) in [6, 6.07) is 4.90. The lowest BCUT2D eigenvalue weighted by molar-refractivity contribution is 0.538. The largest absolute Gasteiger partial charge is 0.441 e. The highest BCUT2D eigenvalue weighted by Gasteiger charge is 2.10. The van der Waals surface area contributed by atoms with Gasteiger partial charge in [0.1, 0.15) is 10.7 Å². The third-order valence-electron chi connectivity index (χ3n) is 2.15. The quantitative estimate of drug-likeness (QED) is 0.869. The molecular formula is C10H11ClN2O3S. The maximum atomic E-state index is 11.3. The molecule has 0 aliphatic heterocycles. The molecule has 0 amide bonds. The van der Waals surface area contributed by atoms with Crippen LogP contribution in [-0.4, -0.2) is 18.6 Å². The molecular weight excluding hydrogens is 264 g/mol. The fourth-order valence-electron chi connectivity index (χ4n) is 1.40. The smallest absolute Gasteiger partial charge is 0.246 e. The summed E-state index contributed by atoms with van der Waals surface area (Å²) >= 11 is 5.30. The van der Waals surface area contributed by atoms with Crippen LogP contribution in [0, 0.1) is 0 Å². The van der Waals surface area contributed by atoms with E-state index in [1.54, 1.807) is 18.2 Å². The van der Waals surface area contributed by atoms with Crippen LogP contribution in [0.3, 0.4) is 0 Å². The minimum Gasteiger partial charge on any atom is -0.441 e. The van der Waals surface area contributed by atoms with Crippen molar-refractivity contribution in [1.82, 2.24) is 4.98 Å². The Bertz CT molecular complexity index is 636. The Hall–Kier alpha value is -1.27. The zero-order valence-corrected chi connectivity index (χ0v) is 10.7. The van der Waals surface area contributed by atoms with Crippen LogP contribution in [-0.2, 0) is 16.4 Å². The third kappa shape index (κ3) is 2.70. The monoisotopic (exact) mass is 274 g/mol. The highest BCUT2D eigenvalue weighted by molar-refractivity contribution is 7.93. The van der Waals surface area contributed by atoms with Crippen LogP contribution in [0.1, 0.15) is 12.8 Å². The first-order valence-corrected chi connectivity index (χ1v) is 7.18. The van der Waals surface area contributed by atoms with Crippen LogP contribution < -0.4 is 4.72 Å². The molecule has 2 rings (SSSR count). The summed E-state index contributed by atoms with van der Waals surface area (Å²) in [5.74, 6) is 0.623. The summed E-state index contributed by atoms with van der Waals surface area (Å²) in [7, 11) is -3.48. The summed E-state index contributed by atoms with van der Waals surface area (Å²) in [5.41, 5.74) is 1.68. The normalized spacial score (nSPS) is 11.9. The van der Waals surface area contributed by atoms with Crippen molar-refractivity contribution in [3.05, 3.63) is 24.1 Å². The van der Waals surface area contributed by atoms with Crippen molar-refractivity contribution >= 4 is 38.4 Å². The summed E-state index contributed by atoms with van der Waals surface area (Å²) in [6.07, 6.45) is 0.692. The highest BCUT2D eigenvalue weighted by Crippen LogP contribution is 2.21. The number of nitrogens with zero attached hydrogens (tertiary/aromatic N) is 1. The highest BCUT2D eigenvalue weighted by atomic mass is 35.5. The van der Waals surface area contributed by atoms with Gasteiger partial charge in [0.25, 0.3) is 0 Å². The Balaban J connectivity index is 2.37. The Morgan fingerprint density at radius 3 is 2.88 bits per heavy atom. The van der Waals surface area contributed by atoms with Crippen LogP contribution in [0.5, 0.6) is 0 Å². The molecule has 0 bridgehead atoms. The van der Waals surface area contributed by atoms with Crippen molar-refractivity contribution in [2.45, 2.75) is 13.3 Å². The van der Waals surface area contributed by atoms with E-state index in [0.717, 1.165) is 0 Å². The zero-order valence-electron chi connectivity index (χ0n) is 9.10. The number of anilines is 1. The molecule has 17 heavy (non-hydrogen) atoms. The van der Waals surface area contributed by atoms with Crippen molar-refractivity contribution < 1.29 is 12.8 Å². The van der Waals surface area contributed by atoms with Gasteiger partial charge in [-0.1, -0.05) is 6.92 Å². The molecule has 0 saturated heterocycles. The molecule has 1 heterocycles. The SMILES string of the molecule is CCc1nc2cc(NS(=O)(=O)CCl)ccc2o1. The number of alkyl halides is 1. The Labute approximate surface area is 104 Å². The van der Waals surface area contributed by atoms with Gasteiger partial charge in [-0.15, -0.1) is 11.6 Å². The number of rotatable bonds is 4. The van der Waals surface area contributed by atoms with Crippen molar-refractivity contribution in [3.63, 3.8) is 0 Å². The van der Waals surface area contributed by atoms with Gasteiger partial charge >= 0.3 is 0 Å². The molecule has 2 aromatic rings. The standard InChI is InChI=1S/C10H11ClN2O3S/c1-2-10-12-8-5-7(3-4-9(8)16-10)13-17(14,15)6-11/h3-5,13H,2,6H2,1H3. The molecule has 1 N–H and O–H groups in total. The first-order chi connectivity index (χ1) is 8.04. The number of oxazole rings is 1. The average Bonchev–Trinajstić information content (AvgIpc) is 2.70. The lowest BCUT2D eigenvalue weighted by Gasteiger charge is -2.03. The third-order valence-corrected chi connectivity index (χ3v) is 3.85. The van der Waals surface area contributed by atoms with E-state index in [2.05, 4.69) is 9.71 Å². The van der Waals surface area contributed by atoms with Crippen LogP contribution in [0.25, 0.3) is 11.1 Å². The van der Waals surface area contributed by atoms with Gasteiger partial charge in [-0.05, 0) is 18.2 Å². The van der Waals surface area contributed by atoms with E-state index in [1.807, 2.05) is 6.92 Å². The molecule has 0 atom stereocenters. The number of benzene rings is 1. The second-order valence-electron chi connectivity index (χ2n) is 3.47. The fraction of sp³-hybridized carbons (Fsp3) is 0.300. The number of halogens is 1. The van der Waals surface area contributed by atoms with E-state index in [1.165, 1.54) is 0 Å². The van der Waals surface area contributed by atoms with Gasteiger partial charge < -0.3 is 4.42 Å². The first-order valence-electron chi connectivity index (χ1n) is 5.00. The second-order valence-corrected chi connectivity index (χ2v) is 5.78. The number of fused-ring (bicyclic) bond motifs is 1. The maximum absolute atomic E-state index is 11.3. The Morgan fingerprint density at radius 2 is 2.24 bits per heavy atom. The van der Waals surface area contributed by atoms with Crippen molar-refractivity contribution in [3.8, 4) is 0 Å². The summed E-state index contributed by atoms with van der Waals surface area (Å²) < 4.78 is 30.3. The molecule has 0 spiro atoms. The van der Waals surface area contributed by atoms with Crippen molar-refractivity contribution in [2.75, 3.05) is 9.93 Å². The number of aryl methyl sites for hydroxylation is 1. The molecule has 0 fully saturated rings. The number of aromatic nitrogens is 1. The average molecular weight is 275 g/mol. The molecule has 1 aromatic heterocycles. The molecule has 0 aliphatic carbocycles. The minimum absolute atomic E-state index is 0.425. The van der Waals surface area contributed by atoms with Gasteiger partial charge in [-0.25, -0.2) is 13.4 Å². The van der Waals surface area contributed by atoms with Crippen LogP contribution in [0.2, 0.25) is 0 Å². The van der Waals surface area contributed by atoms with E-state index in [4.69, 9.17) is 16.0 Å². The van der Waals surface area contributed by atoms with Crippen molar-refractivity contribution in [1.29, 1.82) is 0 Å². The Kier molecular flexibility index (Phi) is 3.26. The molecule has 0 saturated carbocycles. The molecule has 5 nitrogen and oxygen atoms in total. The fourth-order valence-corrected chi connectivity index (χ4v) is 2.10. The number of sulfonamides is 1. The predicted octanol–water partition coefficient (Wildman–Crippen LogP) is 2.33. The summed E-state index contributed by atoms with van der Waals surface area (Å²) in [4.78, 5) is 4.21. The van der Waals surface area contributed by atoms with E-state index in [-0.39, 0.29) is 0 Å². The topological polar surface area (TPSA) is 72.2 Å². The first kappa shape index (κ1) is 12.2. The van der Waals surface area contributed by atoms with Crippen LogP contribution >= 0.6 is 11.6 Å². The molecule has 0 aliphatic rings.